The Labute approximate surface area is 157 Å². The second-order valence-corrected chi connectivity index (χ2v) is 7.44. The molecule has 0 atom stereocenters. The van der Waals surface area contributed by atoms with Gasteiger partial charge >= 0.3 is 5.97 Å². The smallest absolute Gasteiger partial charge is 0.338 e. The van der Waals surface area contributed by atoms with E-state index in [0.717, 1.165) is 30.5 Å². The largest absolute Gasteiger partial charge is 0.452 e. The number of sulfone groups is 1. The van der Waals surface area contributed by atoms with E-state index in [1.165, 1.54) is 0 Å². The van der Waals surface area contributed by atoms with Crippen molar-refractivity contribution in [3.8, 4) is 0 Å². The van der Waals surface area contributed by atoms with Crippen molar-refractivity contribution in [1.29, 1.82) is 0 Å². The van der Waals surface area contributed by atoms with Crippen molar-refractivity contribution < 1.29 is 36.4 Å². The number of hydrogen-bond acceptors (Lipinski definition) is 7. The first-order valence-corrected chi connectivity index (χ1v) is 9.28. The van der Waals surface area contributed by atoms with Crippen LogP contribution >= 0.6 is 0 Å². The van der Waals surface area contributed by atoms with Crippen LogP contribution in [0.2, 0.25) is 0 Å². The number of halogens is 2. The summed E-state index contributed by atoms with van der Waals surface area (Å²) in [6, 6.07) is 4.99. The molecule has 0 spiro atoms. The van der Waals surface area contributed by atoms with Crippen LogP contribution in [0.1, 0.15) is 10.4 Å². The standard InChI is InChI=1S/C16H12F2N2O7S/c1-28(25,26)14-5-2-9(6-13(14)20(23)24)16(22)27-8-15(21)19-12-4-3-10(17)7-11(12)18/h2-7H,8H2,1H3,(H,19,21). The van der Waals surface area contributed by atoms with E-state index in [1.54, 1.807) is 0 Å². The number of rotatable bonds is 6. The molecule has 0 aliphatic heterocycles. The molecule has 148 valence electrons. The number of nitrogens with zero attached hydrogens (tertiary/aromatic N) is 1. The van der Waals surface area contributed by atoms with Crippen molar-refractivity contribution in [1.82, 2.24) is 0 Å². The number of esters is 1. The zero-order valence-corrected chi connectivity index (χ0v) is 15.0. The number of carbonyl (C=O) groups excluding carboxylic acids is 2. The number of ether oxygens (including phenoxy) is 1. The molecule has 0 aliphatic carbocycles. The predicted octanol–water partition coefficient (Wildman–Crippen LogP) is 2.07. The maximum Gasteiger partial charge on any atom is 0.338 e. The van der Waals surface area contributed by atoms with Gasteiger partial charge in [-0.05, 0) is 24.3 Å². The molecular formula is C16H12F2N2O7S. The van der Waals surface area contributed by atoms with Crippen LogP contribution in [-0.2, 0) is 19.4 Å². The van der Waals surface area contributed by atoms with E-state index in [1.807, 2.05) is 0 Å². The molecule has 0 bridgehead atoms. The fourth-order valence-electron chi connectivity index (χ4n) is 2.09. The van der Waals surface area contributed by atoms with Crippen LogP contribution in [-0.4, -0.2) is 38.1 Å². The second kappa shape index (κ2) is 8.08. The molecule has 9 nitrogen and oxygen atoms in total. The minimum Gasteiger partial charge on any atom is -0.452 e. The molecule has 2 aromatic carbocycles. The number of hydrogen-bond donors (Lipinski definition) is 1. The molecular weight excluding hydrogens is 402 g/mol. The van der Waals surface area contributed by atoms with Gasteiger partial charge in [0.2, 0.25) is 0 Å². The summed E-state index contributed by atoms with van der Waals surface area (Å²) < 4.78 is 54.0. The van der Waals surface area contributed by atoms with Gasteiger partial charge in [-0.15, -0.1) is 0 Å². The third kappa shape index (κ3) is 5.07. The van der Waals surface area contributed by atoms with Gasteiger partial charge < -0.3 is 10.1 Å². The Bertz CT molecular complexity index is 1070. The van der Waals surface area contributed by atoms with Crippen molar-refractivity contribution in [2.75, 3.05) is 18.2 Å². The molecule has 1 amide bonds. The van der Waals surface area contributed by atoms with Gasteiger partial charge in [-0.25, -0.2) is 22.0 Å². The van der Waals surface area contributed by atoms with Crippen LogP contribution in [0.3, 0.4) is 0 Å². The first-order chi connectivity index (χ1) is 13.0. The molecule has 0 heterocycles. The van der Waals surface area contributed by atoms with Gasteiger partial charge in [0.15, 0.2) is 16.4 Å². The monoisotopic (exact) mass is 414 g/mol. The lowest BCUT2D eigenvalue weighted by Crippen LogP contribution is -2.21. The van der Waals surface area contributed by atoms with Crippen molar-refractivity contribution in [3.63, 3.8) is 0 Å². The molecule has 12 heteroatoms. The van der Waals surface area contributed by atoms with Crippen LogP contribution < -0.4 is 5.32 Å². The molecule has 0 fully saturated rings. The van der Waals surface area contributed by atoms with Gasteiger partial charge in [0.05, 0.1) is 16.2 Å². The summed E-state index contributed by atoms with van der Waals surface area (Å²) in [4.78, 5) is 33.1. The second-order valence-electron chi connectivity index (χ2n) is 5.46. The highest BCUT2D eigenvalue weighted by atomic mass is 32.2. The average molecular weight is 414 g/mol. The van der Waals surface area contributed by atoms with Gasteiger partial charge in [0.1, 0.15) is 16.5 Å². The van der Waals surface area contributed by atoms with Crippen molar-refractivity contribution >= 4 is 33.1 Å². The molecule has 0 aromatic heterocycles. The normalized spacial score (nSPS) is 11.0. The lowest BCUT2D eigenvalue weighted by atomic mass is 10.2. The van der Waals surface area contributed by atoms with Gasteiger partial charge in [-0.1, -0.05) is 0 Å². The fraction of sp³-hybridized carbons (Fsp3) is 0.125. The predicted molar refractivity (Wildman–Crippen MR) is 91.5 cm³/mol. The van der Waals surface area contributed by atoms with Gasteiger partial charge in [0, 0.05) is 18.4 Å². The summed E-state index contributed by atoms with van der Waals surface area (Å²) in [6.45, 7) is -0.864. The average Bonchev–Trinajstić information content (AvgIpc) is 2.60. The Hall–Kier alpha value is -3.41. The number of carbonyl (C=O) groups is 2. The number of benzene rings is 2. The molecule has 0 saturated carbocycles. The molecule has 1 N–H and O–H groups in total. The van der Waals surface area contributed by atoms with E-state index in [0.29, 0.717) is 12.1 Å². The van der Waals surface area contributed by atoms with E-state index in [9.17, 15) is 36.9 Å². The Morgan fingerprint density at radius 1 is 1.18 bits per heavy atom. The lowest BCUT2D eigenvalue weighted by molar-refractivity contribution is -0.387. The highest BCUT2D eigenvalue weighted by Crippen LogP contribution is 2.25. The Morgan fingerprint density at radius 2 is 1.86 bits per heavy atom. The van der Waals surface area contributed by atoms with Gasteiger partial charge in [0.25, 0.3) is 11.6 Å². The minimum atomic E-state index is -3.91. The Morgan fingerprint density at radius 3 is 2.43 bits per heavy atom. The van der Waals surface area contributed by atoms with E-state index >= 15 is 0 Å². The summed E-state index contributed by atoms with van der Waals surface area (Å²) in [5.74, 6) is -3.97. The molecule has 2 rings (SSSR count). The van der Waals surface area contributed by atoms with Crippen LogP contribution in [0, 0.1) is 21.7 Å². The molecule has 0 unspecified atom stereocenters. The minimum absolute atomic E-state index is 0.337. The Kier molecular flexibility index (Phi) is 6.03. The number of nitro groups is 1. The first kappa shape index (κ1) is 20.9. The summed E-state index contributed by atoms with van der Waals surface area (Å²) in [7, 11) is -3.91. The van der Waals surface area contributed by atoms with E-state index in [-0.39, 0.29) is 11.3 Å². The van der Waals surface area contributed by atoms with E-state index in [4.69, 9.17) is 0 Å². The topological polar surface area (TPSA) is 133 Å². The quantitative estimate of drug-likeness (QED) is 0.435. The molecule has 2 aromatic rings. The summed E-state index contributed by atoms with van der Waals surface area (Å²) in [5.41, 5.74) is -1.52. The van der Waals surface area contributed by atoms with Crippen molar-refractivity contribution in [2.45, 2.75) is 4.90 Å². The summed E-state index contributed by atoms with van der Waals surface area (Å²) in [6.07, 6.45) is 0.770. The van der Waals surface area contributed by atoms with Crippen molar-refractivity contribution in [3.05, 3.63) is 63.7 Å². The maximum absolute atomic E-state index is 13.5. The SMILES string of the molecule is CS(=O)(=O)c1ccc(C(=O)OCC(=O)Nc2ccc(F)cc2F)cc1[N+](=O)[O-]. The summed E-state index contributed by atoms with van der Waals surface area (Å²) >= 11 is 0. The number of amides is 1. The lowest BCUT2D eigenvalue weighted by Gasteiger charge is -2.08. The molecule has 0 aliphatic rings. The molecule has 0 radical (unpaired) electrons. The Balaban J connectivity index is 2.09. The van der Waals surface area contributed by atoms with Crippen LogP contribution in [0.5, 0.6) is 0 Å². The van der Waals surface area contributed by atoms with Crippen LogP contribution in [0.4, 0.5) is 20.2 Å². The molecule has 0 saturated heterocycles. The zero-order chi connectivity index (χ0) is 21.1. The molecule has 28 heavy (non-hydrogen) atoms. The highest BCUT2D eigenvalue weighted by molar-refractivity contribution is 7.90. The zero-order valence-electron chi connectivity index (χ0n) is 14.1. The van der Waals surface area contributed by atoms with Crippen LogP contribution in [0.25, 0.3) is 0 Å². The maximum atomic E-state index is 13.5. The highest BCUT2D eigenvalue weighted by Gasteiger charge is 2.24. The van der Waals surface area contributed by atoms with Gasteiger partial charge in [-0.3, -0.25) is 14.9 Å². The third-order valence-corrected chi connectivity index (χ3v) is 4.47. The van der Waals surface area contributed by atoms with Crippen LogP contribution in [0.15, 0.2) is 41.3 Å². The summed E-state index contributed by atoms with van der Waals surface area (Å²) in [5, 5.41) is 13.1. The van der Waals surface area contributed by atoms with Crippen molar-refractivity contribution in [2.24, 2.45) is 0 Å². The van der Waals surface area contributed by atoms with E-state index in [2.05, 4.69) is 10.1 Å². The van der Waals surface area contributed by atoms with E-state index < -0.39 is 55.5 Å². The van der Waals surface area contributed by atoms with Gasteiger partial charge in [-0.2, -0.15) is 0 Å². The first-order valence-electron chi connectivity index (χ1n) is 7.39. The third-order valence-electron chi connectivity index (χ3n) is 3.33. The number of anilines is 1. The number of nitro benzene ring substituents is 1. The fourth-order valence-corrected chi connectivity index (χ4v) is 2.92. The number of nitrogens with one attached hydrogen (secondary N) is 1.